The molecule has 2 atom stereocenters. The summed E-state index contributed by atoms with van der Waals surface area (Å²) in [5.41, 5.74) is 4.88. The number of fused-ring (bicyclic) bond motifs is 5. The number of aryl methyl sites for hydroxylation is 1. The van der Waals surface area contributed by atoms with E-state index in [1.807, 2.05) is 4.90 Å². The summed E-state index contributed by atoms with van der Waals surface area (Å²) in [7, 11) is -3.32. The standard InChI is InChI=1S/C24H30N2O3S/c1-2-30(28,29)25-22-14-15-26-23(22)17-18-8-7-11-20(16-18)21-12-5-3-9-19(21)10-4-6-13-24(26)27/h3,5,7-9,11-12,16,22-23,25H,2,4,6,10,13-15,17H2,1H3. The summed E-state index contributed by atoms with van der Waals surface area (Å²) in [4.78, 5) is 14.9. The number of nitrogens with zero attached hydrogens (tertiary/aromatic N) is 1. The predicted octanol–water partition coefficient (Wildman–Crippen LogP) is 3.53. The van der Waals surface area contributed by atoms with Gasteiger partial charge in [0, 0.05) is 19.0 Å². The first kappa shape index (κ1) is 21.1. The Balaban J connectivity index is 1.70. The molecule has 2 heterocycles. The number of hydrogen-bond donors (Lipinski definition) is 1. The number of carbonyl (C=O) groups is 1. The first-order valence-corrected chi connectivity index (χ1v) is 12.6. The van der Waals surface area contributed by atoms with E-state index in [0.717, 1.165) is 24.8 Å². The highest BCUT2D eigenvalue weighted by Gasteiger charge is 2.38. The van der Waals surface area contributed by atoms with Gasteiger partial charge in [0.05, 0.1) is 11.8 Å². The van der Waals surface area contributed by atoms with Crippen LogP contribution in [0, 0.1) is 0 Å². The molecule has 30 heavy (non-hydrogen) atoms. The molecule has 1 fully saturated rings. The third kappa shape index (κ3) is 4.60. The van der Waals surface area contributed by atoms with Crippen molar-refractivity contribution in [1.82, 2.24) is 9.62 Å². The second kappa shape index (κ2) is 8.90. The normalized spacial score (nSPS) is 22.4. The Morgan fingerprint density at radius 1 is 1.07 bits per heavy atom. The highest BCUT2D eigenvalue weighted by molar-refractivity contribution is 7.89. The van der Waals surface area contributed by atoms with Crippen molar-refractivity contribution in [3.05, 3.63) is 59.7 Å². The van der Waals surface area contributed by atoms with Gasteiger partial charge in [0.2, 0.25) is 15.9 Å². The SMILES string of the molecule is CCS(=O)(=O)NC1CCN2C(=O)CCCCc3ccccc3-c3cccc(c3)CC12. The molecule has 1 amide bonds. The minimum atomic E-state index is -3.32. The molecule has 2 unspecified atom stereocenters. The molecule has 6 heteroatoms. The summed E-state index contributed by atoms with van der Waals surface area (Å²) in [6.07, 6.45) is 4.60. The zero-order valence-corrected chi connectivity index (χ0v) is 18.3. The lowest BCUT2D eigenvalue weighted by Gasteiger charge is -2.29. The zero-order valence-electron chi connectivity index (χ0n) is 17.5. The van der Waals surface area contributed by atoms with E-state index in [2.05, 4.69) is 53.3 Å². The lowest BCUT2D eigenvalue weighted by molar-refractivity contribution is -0.132. The Bertz CT molecular complexity index is 1020. The molecular formula is C24H30N2O3S. The van der Waals surface area contributed by atoms with Crippen LogP contribution in [-0.4, -0.2) is 43.6 Å². The van der Waals surface area contributed by atoms with Crippen molar-refractivity contribution >= 4 is 15.9 Å². The summed E-state index contributed by atoms with van der Waals surface area (Å²) in [6.45, 7) is 2.26. The maximum atomic E-state index is 13.0. The van der Waals surface area contributed by atoms with Crippen LogP contribution in [0.25, 0.3) is 11.1 Å². The fraction of sp³-hybridized carbons (Fsp3) is 0.458. The van der Waals surface area contributed by atoms with E-state index in [-0.39, 0.29) is 23.7 Å². The van der Waals surface area contributed by atoms with E-state index in [9.17, 15) is 13.2 Å². The molecule has 160 valence electrons. The van der Waals surface area contributed by atoms with E-state index >= 15 is 0 Å². The summed E-state index contributed by atoms with van der Waals surface area (Å²) in [6, 6.07) is 16.6. The number of carbonyl (C=O) groups excluding carboxylic acids is 1. The van der Waals surface area contributed by atoms with Crippen LogP contribution in [0.2, 0.25) is 0 Å². The second-order valence-corrected chi connectivity index (χ2v) is 10.4. The summed E-state index contributed by atoms with van der Waals surface area (Å²) in [5.74, 6) is 0.193. The van der Waals surface area contributed by atoms with Crippen molar-refractivity contribution in [3.63, 3.8) is 0 Å². The van der Waals surface area contributed by atoms with Crippen LogP contribution >= 0.6 is 0 Å². The largest absolute Gasteiger partial charge is 0.338 e. The fourth-order valence-corrected chi connectivity index (χ4v) is 5.63. The highest BCUT2D eigenvalue weighted by atomic mass is 32.2. The van der Waals surface area contributed by atoms with Crippen molar-refractivity contribution in [1.29, 1.82) is 0 Å². The Hall–Kier alpha value is -2.18. The maximum Gasteiger partial charge on any atom is 0.222 e. The van der Waals surface area contributed by atoms with E-state index in [1.54, 1.807) is 6.92 Å². The van der Waals surface area contributed by atoms with Crippen LogP contribution in [0.4, 0.5) is 0 Å². The highest BCUT2D eigenvalue weighted by Crippen LogP contribution is 2.29. The molecule has 2 aromatic carbocycles. The van der Waals surface area contributed by atoms with Crippen LogP contribution < -0.4 is 4.72 Å². The molecule has 0 aliphatic carbocycles. The Morgan fingerprint density at radius 3 is 2.70 bits per heavy atom. The topological polar surface area (TPSA) is 66.5 Å². The number of sulfonamides is 1. The van der Waals surface area contributed by atoms with Gasteiger partial charge in [-0.05, 0) is 61.3 Å². The molecule has 5 nitrogen and oxygen atoms in total. The predicted molar refractivity (Wildman–Crippen MR) is 120 cm³/mol. The van der Waals surface area contributed by atoms with Crippen LogP contribution in [0.15, 0.2) is 48.5 Å². The molecule has 2 aliphatic rings. The second-order valence-electron chi connectivity index (χ2n) is 8.34. The molecule has 2 aromatic rings. The molecule has 0 aromatic heterocycles. The van der Waals surface area contributed by atoms with Crippen molar-refractivity contribution < 1.29 is 13.2 Å². The van der Waals surface area contributed by atoms with Gasteiger partial charge in [-0.25, -0.2) is 13.1 Å². The van der Waals surface area contributed by atoms with Crippen molar-refractivity contribution in [2.75, 3.05) is 12.3 Å². The van der Waals surface area contributed by atoms with Crippen molar-refractivity contribution in [2.24, 2.45) is 0 Å². The number of benzene rings is 2. The summed E-state index contributed by atoms with van der Waals surface area (Å²) in [5, 5.41) is 0. The molecule has 2 bridgehead atoms. The average Bonchev–Trinajstić information content (AvgIpc) is 3.12. The maximum absolute atomic E-state index is 13.0. The van der Waals surface area contributed by atoms with E-state index in [4.69, 9.17) is 0 Å². The molecule has 1 N–H and O–H groups in total. The number of nitrogens with one attached hydrogen (secondary N) is 1. The lowest BCUT2D eigenvalue weighted by atomic mass is 9.93. The van der Waals surface area contributed by atoms with Gasteiger partial charge in [-0.2, -0.15) is 0 Å². The van der Waals surface area contributed by atoms with Gasteiger partial charge in [-0.15, -0.1) is 0 Å². The van der Waals surface area contributed by atoms with Gasteiger partial charge < -0.3 is 4.90 Å². The minimum Gasteiger partial charge on any atom is -0.338 e. The molecule has 1 saturated heterocycles. The molecule has 0 radical (unpaired) electrons. The first-order chi connectivity index (χ1) is 14.5. The monoisotopic (exact) mass is 426 g/mol. The van der Waals surface area contributed by atoms with Crippen LogP contribution in [0.3, 0.4) is 0 Å². The minimum absolute atomic E-state index is 0.0520. The molecule has 0 saturated carbocycles. The van der Waals surface area contributed by atoms with Gasteiger partial charge in [-0.3, -0.25) is 4.79 Å². The van der Waals surface area contributed by atoms with Crippen molar-refractivity contribution in [2.45, 2.75) is 57.5 Å². The fourth-order valence-electron chi connectivity index (χ4n) is 4.73. The summed E-state index contributed by atoms with van der Waals surface area (Å²) < 4.78 is 27.3. The van der Waals surface area contributed by atoms with Crippen LogP contribution in [0.1, 0.15) is 43.7 Å². The number of rotatable bonds is 3. The first-order valence-electron chi connectivity index (χ1n) is 10.9. The van der Waals surface area contributed by atoms with E-state index in [0.29, 0.717) is 25.8 Å². The smallest absolute Gasteiger partial charge is 0.222 e. The Labute approximate surface area is 179 Å². The van der Waals surface area contributed by atoms with E-state index in [1.165, 1.54) is 16.7 Å². The average molecular weight is 427 g/mol. The van der Waals surface area contributed by atoms with Gasteiger partial charge in [0.1, 0.15) is 0 Å². The summed E-state index contributed by atoms with van der Waals surface area (Å²) >= 11 is 0. The van der Waals surface area contributed by atoms with Crippen molar-refractivity contribution in [3.8, 4) is 11.1 Å². The third-order valence-electron chi connectivity index (χ3n) is 6.36. The third-order valence-corrected chi connectivity index (χ3v) is 7.79. The van der Waals surface area contributed by atoms with Crippen LogP contribution in [-0.2, 0) is 27.7 Å². The van der Waals surface area contributed by atoms with Gasteiger partial charge in [0.15, 0.2) is 0 Å². The Kier molecular flexibility index (Phi) is 6.25. The van der Waals surface area contributed by atoms with E-state index < -0.39 is 10.0 Å². The molecule has 4 rings (SSSR count). The van der Waals surface area contributed by atoms with Gasteiger partial charge in [-0.1, -0.05) is 48.5 Å². The quantitative estimate of drug-likeness (QED) is 0.817. The molecule has 2 aliphatic heterocycles. The number of hydrogen-bond acceptors (Lipinski definition) is 3. The lowest BCUT2D eigenvalue weighted by Crippen LogP contribution is -2.48. The van der Waals surface area contributed by atoms with Gasteiger partial charge in [0.25, 0.3) is 0 Å². The molecular weight excluding hydrogens is 396 g/mol. The van der Waals surface area contributed by atoms with Crippen LogP contribution in [0.5, 0.6) is 0 Å². The Morgan fingerprint density at radius 2 is 1.87 bits per heavy atom. The zero-order chi connectivity index (χ0) is 21.1. The number of amides is 1. The van der Waals surface area contributed by atoms with Gasteiger partial charge >= 0.3 is 0 Å². The molecule has 0 spiro atoms.